The number of carbonyl (C=O) groups is 1. The molecule has 1 amide bonds. The first-order chi connectivity index (χ1) is 7.13. The fourth-order valence-electron chi connectivity index (χ4n) is 1.45. The number of likely N-dealkylation sites (tertiary alicyclic amines) is 1. The van der Waals surface area contributed by atoms with Gasteiger partial charge in [-0.2, -0.15) is 0 Å². The van der Waals surface area contributed by atoms with E-state index in [2.05, 4.69) is 0 Å². The molecule has 4 N–H and O–H groups in total. The Labute approximate surface area is 87.1 Å². The summed E-state index contributed by atoms with van der Waals surface area (Å²) in [6.45, 7) is 0.939. The number of nitrogens with one attached hydrogen (secondary N) is 2. The second-order valence-electron chi connectivity index (χ2n) is 3.37. The van der Waals surface area contributed by atoms with Crippen molar-refractivity contribution in [2.45, 2.75) is 18.9 Å². The van der Waals surface area contributed by atoms with Crippen LogP contribution in [0.5, 0.6) is 0 Å². The molecule has 1 rings (SSSR count). The van der Waals surface area contributed by atoms with E-state index < -0.39 is 6.09 Å². The van der Waals surface area contributed by atoms with Crippen molar-refractivity contribution in [3.05, 3.63) is 0 Å². The molecule has 1 saturated heterocycles. The summed E-state index contributed by atoms with van der Waals surface area (Å²) in [6, 6.07) is 0. The average Bonchev–Trinajstić information content (AvgIpc) is 2.26. The summed E-state index contributed by atoms with van der Waals surface area (Å²) in [4.78, 5) is 11.9. The van der Waals surface area contributed by atoms with Gasteiger partial charge in [0.15, 0.2) is 0 Å². The topological polar surface area (TPSA) is 106 Å². The van der Waals surface area contributed by atoms with Crippen molar-refractivity contribution >= 4 is 11.9 Å². The number of carboxylic acid groups (broad SMARTS) is 1. The van der Waals surface area contributed by atoms with Gasteiger partial charge in [-0.25, -0.2) is 4.79 Å². The Morgan fingerprint density at radius 3 is 2.60 bits per heavy atom. The van der Waals surface area contributed by atoms with Gasteiger partial charge >= 0.3 is 6.09 Å². The zero-order valence-corrected chi connectivity index (χ0v) is 8.27. The average molecular weight is 217 g/mol. The van der Waals surface area contributed by atoms with E-state index >= 15 is 0 Å². The minimum absolute atomic E-state index is 0.0221. The van der Waals surface area contributed by atoms with Gasteiger partial charge in [0.25, 0.3) is 0 Å². The van der Waals surface area contributed by atoms with E-state index in [1.54, 1.807) is 5.48 Å². The predicted molar refractivity (Wildman–Crippen MR) is 51.2 cm³/mol. The number of rotatable bonds is 3. The second kappa shape index (κ2) is 5.52. The van der Waals surface area contributed by atoms with Crippen LogP contribution in [0.2, 0.25) is 0 Å². The van der Waals surface area contributed by atoms with Crippen LogP contribution in [0.1, 0.15) is 12.8 Å². The Balaban J connectivity index is 2.20. The van der Waals surface area contributed by atoms with Gasteiger partial charge in [-0.3, -0.25) is 16.1 Å². The Morgan fingerprint density at radius 2 is 2.13 bits per heavy atom. The van der Waals surface area contributed by atoms with Crippen molar-refractivity contribution in [2.24, 2.45) is 0 Å². The molecular weight excluding hydrogens is 202 g/mol. The SMILES string of the molecule is N=C(COC1CCN(C(=O)O)CC1)NO. The van der Waals surface area contributed by atoms with E-state index in [0.29, 0.717) is 25.9 Å². The zero-order valence-electron chi connectivity index (χ0n) is 8.27. The van der Waals surface area contributed by atoms with Gasteiger partial charge in [0.2, 0.25) is 0 Å². The standard InChI is InChI=1S/C8H15N3O4/c9-7(10-14)5-15-6-1-3-11(4-2-6)8(12)13/h6,14H,1-5H2,(H2,9,10)(H,12,13). The lowest BCUT2D eigenvalue weighted by atomic mass is 10.1. The summed E-state index contributed by atoms with van der Waals surface area (Å²) in [5.41, 5.74) is 1.69. The highest BCUT2D eigenvalue weighted by Crippen LogP contribution is 2.13. The molecule has 0 saturated carbocycles. The summed E-state index contributed by atoms with van der Waals surface area (Å²) in [5.74, 6) is -0.101. The molecule has 0 aromatic rings. The lowest BCUT2D eigenvalue weighted by molar-refractivity contribution is 0.0256. The van der Waals surface area contributed by atoms with Crippen LogP contribution < -0.4 is 5.48 Å². The molecule has 86 valence electrons. The lowest BCUT2D eigenvalue weighted by Gasteiger charge is -2.29. The molecule has 0 bridgehead atoms. The molecule has 15 heavy (non-hydrogen) atoms. The maximum Gasteiger partial charge on any atom is 0.407 e. The van der Waals surface area contributed by atoms with Crippen molar-refractivity contribution in [3.63, 3.8) is 0 Å². The molecule has 7 nitrogen and oxygen atoms in total. The van der Waals surface area contributed by atoms with Crippen LogP contribution in [-0.4, -0.2) is 52.9 Å². The normalized spacial score (nSPS) is 17.5. The van der Waals surface area contributed by atoms with E-state index in [1.807, 2.05) is 0 Å². The quantitative estimate of drug-likeness (QED) is 0.305. The first-order valence-corrected chi connectivity index (χ1v) is 4.70. The lowest BCUT2D eigenvalue weighted by Crippen LogP contribution is -2.40. The monoisotopic (exact) mass is 217 g/mol. The largest absolute Gasteiger partial charge is 0.465 e. The maximum absolute atomic E-state index is 10.6. The van der Waals surface area contributed by atoms with Crippen LogP contribution in [0.25, 0.3) is 0 Å². The maximum atomic E-state index is 10.6. The summed E-state index contributed by atoms with van der Waals surface area (Å²) in [6.07, 6.45) is 0.322. The number of nitrogens with zero attached hydrogens (tertiary/aromatic N) is 1. The van der Waals surface area contributed by atoms with E-state index in [4.69, 9.17) is 20.5 Å². The second-order valence-corrected chi connectivity index (χ2v) is 3.37. The van der Waals surface area contributed by atoms with Gasteiger partial charge in [-0.05, 0) is 12.8 Å². The fourth-order valence-corrected chi connectivity index (χ4v) is 1.45. The molecular formula is C8H15N3O4. The van der Waals surface area contributed by atoms with Crippen LogP contribution in [0.15, 0.2) is 0 Å². The third-order valence-corrected chi connectivity index (χ3v) is 2.31. The van der Waals surface area contributed by atoms with Gasteiger partial charge in [-0.1, -0.05) is 0 Å². The minimum atomic E-state index is -0.904. The number of amides is 1. The highest BCUT2D eigenvalue weighted by Gasteiger charge is 2.22. The van der Waals surface area contributed by atoms with E-state index in [0.717, 1.165) is 0 Å². The van der Waals surface area contributed by atoms with Crippen LogP contribution >= 0.6 is 0 Å². The number of hydrogen-bond donors (Lipinski definition) is 4. The molecule has 0 aromatic carbocycles. The Bertz CT molecular complexity index is 238. The molecule has 1 fully saturated rings. The molecule has 0 unspecified atom stereocenters. The van der Waals surface area contributed by atoms with Crippen molar-refractivity contribution in [3.8, 4) is 0 Å². The summed E-state index contributed by atoms with van der Waals surface area (Å²) in [7, 11) is 0. The summed E-state index contributed by atoms with van der Waals surface area (Å²) < 4.78 is 5.30. The fraction of sp³-hybridized carbons (Fsp3) is 0.750. The van der Waals surface area contributed by atoms with E-state index in [1.165, 1.54) is 4.90 Å². The molecule has 1 aliphatic heterocycles. The molecule has 0 spiro atoms. The van der Waals surface area contributed by atoms with Crippen LogP contribution in [0.4, 0.5) is 4.79 Å². The number of hydroxylamine groups is 1. The Morgan fingerprint density at radius 1 is 1.53 bits per heavy atom. The minimum Gasteiger partial charge on any atom is -0.465 e. The third-order valence-electron chi connectivity index (χ3n) is 2.31. The number of piperidine rings is 1. The molecule has 0 aromatic heterocycles. The smallest absolute Gasteiger partial charge is 0.407 e. The summed E-state index contributed by atoms with van der Waals surface area (Å²) >= 11 is 0. The van der Waals surface area contributed by atoms with E-state index in [9.17, 15) is 4.79 Å². The van der Waals surface area contributed by atoms with Crippen LogP contribution in [-0.2, 0) is 4.74 Å². The molecule has 0 aliphatic carbocycles. The number of hydrogen-bond acceptors (Lipinski definition) is 4. The van der Waals surface area contributed by atoms with Crippen molar-refractivity contribution in [1.29, 1.82) is 5.41 Å². The van der Waals surface area contributed by atoms with Crippen LogP contribution in [0, 0.1) is 5.41 Å². The number of ether oxygens (including phenoxy) is 1. The van der Waals surface area contributed by atoms with Crippen molar-refractivity contribution in [1.82, 2.24) is 10.4 Å². The molecule has 0 atom stereocenters. The molecule has 1 heterocycles. The molecule has 7 heteroatoms. The van der Waals surface area contributed by atoms with Crippen LogP contribution in [0.3, 0.4) is 0 Å². The summed E-state index contributed by atoms with van der Waals surface area (Å²) in [5, 5.41) is 24.1. The molecule has 0 radical (unpaired) electrons. The highest BCUT2D eigenvalue weighted by molar-refractivity contribution is 5.78. The third kappa shape index (κ3) is 3.72. The van der Waals surface area contributed by atoms with Gasteiger partial charge < -0.3 is 14.7 Å². The Kier molecular flexibility index (Phi) is 4.32. The van der Waals surface area contributed by atoms with Crippen molar-refractivity contribution in [2.75, 3.05) is 19.7 Å². The number of amidine groups is 1. The first-order valence-electron chi connectivity index (χ1n) is 4.70. The van der Waals surface area contributed by atoms with Crippen molar-refractivity contribution < 1.29 is 19.8 Å². The highest BCUT2D eigenvalue weighted by atomic mass is 16.5. The Hall–Kier alpha value is -1.34. The first kappa shape index (κ1) is 11.7. The van der Waals surface area contributed by atoms with Gasteiger partial charge in [0, 0.05) is 13.1 Å². The van der Waals surface area contributed by atoms with Gasteiger partial charge in [0.05, 0.1) is 6.10 Å². The van der Waals surface area contributed by atoms with Gasteiger partial charge in [0.1, 0.15) is 12.4 Å². The predicted octanol–water partition coefficient (Wildman–Crippen LogP) is 0.101. The van der Waals surface area contributed by atoms with Gasteiger partial charge in [-0.15, -0.1) is 0 Å². The zero-order chi connectivity index (χ0) is 11.3. The molecule has 1 aliphatic rings. The van der Waals surface area contributed by atoms with E-state index in [-0.39, 0.29) is 18.5 Å².